The van der Waals surface area contributed by atoms with E-state index in [4.69, 9.17) is 4.74 Å². The maximum Gasteiger partial charge on any atom is 0.274 e. The van der Waals surface area contributed by atoms with E-state index < -0.39 is 0 Å². The van der Waals surface area contributed by atoms with E-state index in [-0.39, 0.29) is 11.8 Å². The van der Waals surface area contributed by atoms with Gasteiger partial charge in [0.1, 0.15) is 5.69 Å². The number of hydrogen-bond donors (Lipinski definition) is 1. The van der Waals surface area contributed by atoms with Gasteiger partial charge in [0.05, 0.1) is 19.8 Å². The molecule has 0 radical (unpaired) electrons. The minimum absolute atomic E-state index is 0.0477. The molecule has 2 saturated heterocycles. The van der Waals surface area contributed by atoms with Crippen LogP contribution in [-0.2, 0) is 9.53 Å². The van der Waals surface area contributed by atoms with Crippen molar-refractivity contribution in [2.24, 2.45) is 0 Å². The molecular weight excluding hydrogens is 298 g/mol. The van der Waals surface area contributed by atoms with Gasteiger partial charge in [-0.1, -0.05) is 0 Å². The Balaban J connectivity index is 1.46. The number of amides is 2. The van der Waals surface area contributed by atoms with E-state index in [0.717, 1.165) is 5.69 Å². The van der Waals surface area contributed by atoms with Crippen molar-refractivity contribution in [2.75, 3.05) is 59.0 Å². The van der Waals surface area contributed by atoms with Crippen molar-refractivity contribution in [1.29, 1.82) is 0 Å². The van der Waals surface area contributed by atoms with Gasteiger partial charge in [0.15, 0.2) is 0 Å². The monoisotopic (exact) mass is 321 g/mol. The first-order chi connectivity index (χ1) is 11.1. The number of carbonyl (C=O) groups is 2. The van der Waals surface area contributed by atoms with Crippen LogP contribution in [-0.4, -0.2) is 95.7 Å². The normalized spacial score (nSPS) is 19.9. The molecule has 2 aliphatic rings. The number of carbonyl (C=O) groups excluding carboxylic acids is 2. The maximum atomic E-state index is 12.3. The predicted molar refractivity (Wildman–Crippen MR) is 83.1 cm³/mol. The highest BCUT2D eigenvalue weighted by Crippen LogP contribution is 2.09. The van der Waals surface area contributed by atoms with Crippen LogP contribution in [0.15, 0.2) is 6.07 Å². The molecule has 2 fully saturated rings. The molecule has 126 valence electrons. The maximum absolute atomic E-state index is 12.3. The van der Waals surface area contributed by atoms with Gasteiger partial charge < -0.3 is 14.5 Å². The summed E-state index contributed by atoms with van der Waals surface area (Å²) in [6, 6.07) is 1.76. The number of aromatic amines is 1. The van der Waals surface area contributed by atoms with Crippen molar-refractivity contribution >= 4 is 11.8 Å². The Morgan fingerprint density at radius 1 is 1.13 bits per heavy atom. The van der Waals surface area contributed by atoms with Gasteiger partial charge in [-0.3, -0.25) is 19.6 Å². The molecule has 2 amide bonds. The molecule has 0 unspecified atom stereocenters. The number of aryl methyl sites for hydroxylation is 1. The Hall–Kier alpha value is -1.93. The summed E-state index contributed by atoms with van der Waals surface area (Å²) in [6.45, 7) is 7.57. The van der Waals surface area contributed by atoms with E-state index in [0.29, 0.717) is 64.7 Å². The van der Waals surface area contributed by atoms with Crippen molar-refractivity contribution in [2.45, 2.75) is 6.92 Å². The summed E-state index contributed by atoms with van der Waals surface area (Å²) < 4.78 is 5.26. The molecule has 0 aromatic carbocycles. The SMILES string of the molecule is Cc1cc(C(=O)N2CCN(CC(=O)N3CCOCC3)CC2)n[nH]1. The average molecular weight is 321 g/mol. The van der Waals surface area contributed by atoms with Gasteiger partial charge >= 0.3 is 0 Å². The van der Waals surface area contributed by atoms with Gasteiger partial charge in [-0.2, -0.15) is 5.10 Å². The van der Waals surface area contributed by atoms with Gasteiger partial charge in [-0.25, -0.2) is 0 Å². The number of morpholine rings is 1. The number of H-pyrrole nitrogens is 1. The Morgan fingerprint density at radius 2 is 1.83 bits per heavy atom. The zero-order chi connectivity index (χ0) is 16.2. The molecule has 1 N–H and O–H groups in total. The number of nitrogens with zero attached hydrogens (tertiary/aromatic N) is 4. The van der Waals surface area contributed by atoms with Gasteiger partial charge in [-0.05, 0) is 13.0 Å². The lowest BCUT2D eigenvalue weighted by molar-refractivity contribution is -0.136. The van der Waals surface area contributed by atoms with E-state index in [1.807, 2.05) is 11.8 Å². The summed E-state index contributed by atoms with van der Waals surface area (Å²) in [5.41, 5.74) is 1.34. The highest BCUT2D eigenvalue weighted by molar-refractivity contribution is 5.92. The fourth-order valence-corrected chi connectivity index (χ4v) is 2.90. The summed E-state index contributed by atoms with van der Waals surface area (Å²) in [5, 5.41) is 6.81. The molecule has 2 aliphatic heterocycles. The second-order valence-corrected chi connectivity index (χ2v) is 6.00. The zero-order valence-electron chi connectivity index (χ0n) is 13.5. The largest absolute Gasteiger partial charge is 0.378 e. The zero-order valence-corrected chi connectivity index (χ0v) is 13.5. The van der Waals surface area contributed by atoms with E-state index in [9.17, 15) is 9.59 Å². The average Bonchev–Trinajstić information content (AvgIpc) is 3.02. The van der Waals surface area contributed by atoms with Crippen LogP contribution in [0, 0.1) is 6.92 Å². The Morgan fingerprint density at radius 3 is 2.43 bits per heavy atom. The van der Waals surface area contributed by atoms with Crippen molar-refractivity contribution in [3.8, 4) is 0 Å². The first kappa shape index (κ1) is 15.9. The van der Waals surface area contributed by atoms with Crippen LogP contribution in [0.3, 0.4) is 0 Å². The number of nitrogens with one attached hydrogen (secondary N) is 1. The number of ether oxygens (including phenoxy) is 1. The smallest absolute Gasteiger partial charge is 0.274 e. The van der Waals surface area contributed by atoms with E-state index in [1.54, 1.807) is 11.0 Å². The quantitative estimate of drug-likeness (QED) is 0.799. The summed E-state index contributed by atoms with van der Waals surface area (Å²) >= 11 is 0. The molecule has 1 aromatic rings. The lowest BCUT2D eigenvalue weighted by atomic mass is 10.2. The molecule has 23 heavy (non-hydrogen) atoms. The Labute approximate surface area is 135 Å². The molecule has 0 saturated carbocycles. The molecule has 0 bridgehead atoms. The first-order valence-corrected chi connectivity index (χ1v) is 8.02. The van der Waals surface area contributed by atoms with Crippen LogP contribution in [0.1, 0.15) is 16.2 Å². The molecule has 0 aliphatic carbocycles. The molecule has 8 heteroatoms. The third-order valence-corrected chi connectivity index (χ3v) is 4.31. The predicted octanol–water partition coefficient (Wildman–Crippen LogP) is -0.665. The second kappa shape index (κ2) is 7.10. The van der Waals surface area contributed by atoms with E-state index in [2.05, 4.69) is 15.1 Å². The Bertz CT molecular complexity index is 559. The fraction of sp³-hybridized carbons (Fsp3) is 0.667. The standard InChI is InChI=1S/C15H23N5O3/c1-12-10-13(17-16-12)15(22)20-4-2-18(3-5-20)11-14(21)19-6-8-23-9-7-19/h10H,2-9,11H2,1H3,(H,16,17). The van der Waals surface area contributed by atoms with E-state index >= 15 is 0 Å². The third-order valence-electron chi connectivity index (χ3n) is 4.31. The topological polar surface area (TPSA) is 81.8 Å². The molecular formula is C15H23N5O3. The van der Waals surface area contributed by atoms with Crippen molar-refractivity contribution in [1.82, 2.24) is 24.9 Å². The number of hydrogen-bond acceptors (Lipinski definition) is 5. The first-order valence-electron chi connectivity index (χ1n) is 8.02. The van der Waals surface area contributed by atoms with Crippen LogP contribution in [0.4, 0.5) is 0 Å². The molecule has 0 atom stereocenters. The second-order valence-electron chi connectivity index (χ2n) is 6.00. The summed E-state index contributed by atoms with van der Waals surface area (Å²) in [5.74, 6) is 0.101. The van der Waals surface area contributed by atoms with Crippen LogP contribution in [0.5, 0.6) is 0 Å². The summed E-state index contributed by atoms with van der Waals surface area (Å²) in [6.07, 6.45) is 0. The number of piperazine rings is 1. The van der Waals surface area contributed by atoms with Crippen LogP contribution >= 0.6 is 0 Å². The summed E-state index contributed by atoms with van der Waals surface area (Å²) in [7, 11) is 0. The van der Waals surface area contributed by atoms with Gasteiger partial charge in [0.25, 0.3) is 5.91 Å². The Kier molecular flexibility index (Phi) is 4.92. The lowest BCUT2D eigenvalue weighted by Gasteiger charge is -2.35. The highest BCUT2D eigenvalue weighted by atomic mass is 16.5. The fourth-order valence-electron chi connectivity index (χ4n) is 2.90. The molecule has 0 spiro atoms. The van der Waals surface area contributed by atoms with Crippen molar-refractivity contribution < 1.29 is 14.3 Å². The van der Waals surface area contributed by atoms with Crippen LogP contribution in [0.25, 0.3) is 0 Å². The van der Waals surface area contributed by atoms with Crippen LogP contribution < -0.4 is 0 Å². The molecule has 3 rings (SSSR count). The van der Waals surface area contributed by atoms with Gasteiger partial charge in [0, 0.05) is 45.0 Å². The third kappa shape index (κ3) is 3.89. The minimum atomic E-state index is -0.0477. The van der Waals surface area contributed by atoms with Gasteiger partial charge in [0.2, 0.25) is 5.91 Å². The highest BCUT2D eigenvalue weighted by Gasteiger charge is 2.26. The van der Waals surface area contributed by atoms with Gasteiger partial charge in [-0.15, -0.1) is 0 Å². The van der Waals surface area contributed by atoms with E-state index in [1.165, 1.54) is 0 Å². The van der Waals surface area contributed by atoms with Crippen molar-refractivity contribution in [3.05, 3.63) is 17.5 Å². The number of aromatic nitrogens is 2. The molecule has 8 nitrogen and oxygen atoms in total. The molecule has 1 aromatic heterocycles. The molecule has 3 heterocycles. The number of rotatable bonds is 3. The minimum Gasteiger partial charge on any atom is -0.378 e. The summed E-state index contributed by atoms with van der Waals surface area (Å²) in [4.78, 5) is 30.3. The lowest BCUT2D eigenvalue weighted by Crippen LogP contribution is -2.52. The van der Waals surface area contributed by atoms with Crippen molar-refractivity contribution in [3.63, 3.8) is 0 Å². The van der Waals surface area contributed by atoms with Crippen LogP contribution in [0.2, 0.25) is 0 Å².